The Hall–Kier alpha value is -2.50. The highest BCUT2D eigenvalue weighted by atomic mass is 32.2. The molecule has 5 atom stereocenters. The molecule has 240 valence electrons. The lowest BCUT2D eigenvalue weighted by atomic mass is 10.0. The maximum absolute atomic E-state index is 10.2. The van der Waals surface area contributed by atoms with E-state index in [0.717, 1.165) is 12.2 Å². The summed E-state index contributed by atoms with van der Waals surface area (Å²) in [5.74, 6) is -3.37. The third kappa shape index (κ3) is 37.7. The van der Waals surface area contributed by atoms with Gasteiger partial charge in [-0.15, -0.1) is 0 Å². The van der Waals surface area contributed by atoms with Crippen molar-refractivity contribution in [2.75, 3.05) is 18.6 Å². The molecule has 0 rings (SSSR count). The van der Waals surface area contributed by atoms with Crippen LogP contribution in [0.5, 0.6) is 0 Å². The number of hydrogen-bond acceptors (Lipinski definition) is 11. The Labute approximate surface area is 241 Å². The second-order valence-corrected chi connectivity index (χ2v) is 10.2. The summed E-state index contributed by atoms with van der Waals surface area (Å²) in [5.41, 5.74) is 25.4. The summed E-state index contributed by atoms with van der Waals surface area (Å²) in [6, 6.07) is -2.78. The number of aliphatic carboxylic acids is 5. The van der Waals surface area contributed by atoms with Crippen molar-refractivity contribution in [2.24, 2.45) is 46.4 Å². The zero-order valence-electron chi connectivity index (χ0n) is 24.6. The van der Waals surface area contributed by atoms with Crippen molar-refractivity contribution in [3.8, 4) is 0 Å². The van der Waals surface area contributed by atoms with E-state index in [9.17, 15) is 24.0 Å². The fourth-order valence-corrected chi connectivity index (χ4v) is 2.25. The van der Waals surface area contributed by atoms with E-state index in [2.05, 4.69) is 5.73 Å². The number of rotatable bonds is 13. The van der Waals surface area contributed by atoms with Gasteiger partial charge in [-0.25, -0.2) is 0 Å². The molecule has 0 saturated carbocycles. The van der Waals surface area contributed by atoms with Crippen molar-refractivity contribution in [2.45, 2.75) is 85.0 Å². The number of carbonyl (C=O) groups is 5. The van der Waals surface area contributed by atoms with Crippen LogP contribution in [0.2, 0.25) is 0 Å². The predicted octanol–water partition coefficient (Wildman–Crippen LogP) is 0.124. The number of carboxylic acids is 5. The van der Waals surface area contributed by atoms with Crippen LogP contribution in [0, 0.1) is 17.8 Å². The van der Waals surface area contributed by atoms with Gasteiger partial charge in [0.2, 0.25) is 0 Å². The van der Waals surface area contributed by atoms with Crippen LogP contribution in [-0.4, -0.2) is 98.1 Å². The van der Waals surface area contributed by atoms with Crippen molar-refractivity contribution < 1.29 is 49.5 Å². The van der Waals surface area contributed by atoms with Gasteiger partial charge in [0, 0.05) is 0 Å². The maximum Gasteiger partial charge on any atom is 0.320 e. The zero-order valence-corrected chi connectivity index (χ0v) is 25.5. The summed E-state index contributed by atoms with van der Waals surface area (Å²) >= 11 is 1.60. The Morgan fingerprint density at radius 3 is 1.20 bits per heavy atom. The summed E-state index contributed by atoms with van der Waals surface area (Å²) in [4.78, 5) is 49.6. The molecule has 0 amide bonds. The molecule has 0 bridgehead atoms. The molecule has 0 aromatic rings. The number of nitrogens with two attached hydrogens (primary N) is 5. The third-order valence-electron chi connectivity index (χ3n) is 4.71. The van der Waals surface area contributed by atoms with Gasteiger partial charge in [0.1, 0.15) is 24.2 Å². The van der Waals surface area contributed by atoms with Crippen LogP contribution in [0.15, 0.2) is 0 Å². The summed E-state index contributed by atoms with van der Waals surface area (Å²) in [7, 11) is 0. The molecular formula is C24H53N5O10S. The van der Waals surface area contributed by atoms with E-state index < -0.39 is 54.0 Å². The lowest BCUT2D eigenvalue weighted by molar-refractivity contribution is -0.140. The Kier molecular flexibility index (Phi) is 34.9. The molecule has 0 aromatic carbocycles. The number of hydrogen-bond donors (Lipinski definition) is 10. The lowest BCUT2D eigenvalue weighted by Gasteiger charge is -2.11. The molecule has 15 nitrogen and oxygen atoms in total. The van der Waals surface area contributed by atoms with E-state index in [1.807, 2.05) is 34.0 Å². The van der Waals surface area contributed by atoms with Crippen LogP contribution in [0.3, 0.4) is 0 Å². The van der Waals surface area contributed by atoms with Crippen LogP contribution < -0.4 is 28.7 Å². The molecule has 16 heteroatoms. The number of thioether (sulfide) groups is 1. The Morgan fingerprint density at radius 2 is 1.07 bits per heavy atom. The molecule has 0 radical (unpaired) electrons. The van der Waals surface area contributed by atoms with E-state index >= 15 is 0 Å². The average molecular weight is 604 g/mol. The van der Waals surface area contributed by atoms with Crippen LogP contribution in [0.1, 0.15) is 60.8 Å². The van der Waals surface area contributed by atoms with E-state index in [-0.39, 0.29) is 18.4 Å². The molecule has 0 saturated heterocycles. The fourth-order valence-electron chi connectivity index (χ4n) is 1.76. The second-order valence-electron chi connectivity index (χ2n) is 9.26. The van der Waals surface area contributed by atoms with E-state index in [0.29, 0.717) is 18.8 Å². The highest BCUT2D eigenvalue weighted by molar-refractivity contribution is 7.98. The van der Waals surface area contributed by atoms with Gasteiger partial charge in [0.05, 0.1) is 6.54 Å². The van der Waals surface area contributed by atoms with Crippen molar-refractivity contribution >= 4 is 41.6 Å². The third-order valence-corrected chi connectivity index (χ3v) is 5.36. The topological polar surface area (TPSA) is 317 Å². The normalized spacial score (nSPS) is 13.6. The van der Waals surface area contributed by atoms with Gasteiger partial charge in [-0.3, -0.25) is 24.0 Å². The largest absolute Gasteiger partial charge is 0.480 e. The van der Waals surface area contributed by atoms with Gasteiger partial charge in [-0.05, 0) is 42.6 Å². The highest BCUT2D eigenvalue weighted by Gasteiger charge is 2.17. The minimum absolute atomic E-state index is 0.0208. The standard InChI is InChI=1S/2C6H13NO2.C5H11NO2S.C5H11NO2.C2H5NO2/c1-4(2)3-5(7)6(8)9;1-3-4(2)5(7)6(8)9;1-9-3-2-4(6)5(7)8;1-3(2)4(6)5(7)8;3-1-2(4)5/h2*4-5H,3,7H2,1-2H3,(H,8,9);4H,2-3,6H2,1H3,(H,7,8);3-4H,6H2,1-2H3,(H,7,8);1,3H2,(H,4,5)/t5-;4-,5-;2*4-;/m0000./s1. The molecule has 0 aliphatic carbocycles. The van der Waals surface area contributed by atoms with E-state index in [4.69, 9.17) is 48.5 Å². The highest BCUT2D eigenvalue weighted by Crippen LogP contribution is 2.04. The Balaban J connectivity index is -0.000000129. The Morgan fingerprint density at radius 1 is 0.700 bits per heavy atom. The predicted molar refractivity (Wildman–Crippen MR) is 156 cm³/mol. The first-order chi connectivity index (χ1) is 18.1. The van der Waals surface area contributed by atoms with Crippen molar-refractivity contribution in [1.29, 1.82) is 0 Å². The minimum Gasteiger partial charge on any atom is -0.480 e. The molecule has 0 unspecified atom stereocenters. The first-order valence-corrected chi connectivity index (χ1v) is 13.9. The van der Waals surface area contributed by atoms with Crippen molar-refractivity contribution in [3.05, 3.63) is 0 Å². The van der Waals surface area contributed by atoms with Crippen LogP contribution in [0.25, 0.3) is 0 Å². The molecule has 0 aromatic heterocycles. The van der Waals surface area contributed by atoms with Gasteiger partial charge in [0.25, 0.3) is 0 Å². The SMILES string of the molecule is CC(C)C[C@H](N)C(=O)O.CC(C)[C@H](N)C(=O)O.CC[C@H](C)[C@H](N)C(=O)O.CSCC[C@H](N)C(=O)O.NCC(=O)O. The molecule has 0 aliphatic heterocycles. The number of carboxylic acid groups (broad SMARTS) is 5. The Bertz CT molecular complexity index is 699. The van der Waals surface area contributed by atoms with E-state index in [1.54, 1.807) is 25.6 Å². The van der Waals surface area contributed by atoms with Crippen molar-refractivity contribution in [3.63, 3.8) is 0 Å². The first-order valence-electron chi connectivity index (χ1n) is 12.5. The molecule has 0 heterocycles. The van der Waals surface area contributed by atoms with Crippen molar-refractivity contribution in [1.82, 2.24) is 0 Å². The average Bonchev–Trinajstić information content (AvgIpc) is 2.86. The molecule has 0 spiro atoms. The summed E-state index contributed by atoms with van der Waals surface area (Å²) < 4.78 is 0. The van der Waals surface area contributed by atoms with Crippen LogP contribution in [-0.2, 0) is 24.0 Å². The quantitative estimate of drug-likeness (QED) is 0.134. The molecular weight excluding hydrogens is 550 g/mol. The summed E-state index contributed by atoms with van der Waals surface area (Å²) in [5, 5.41) is 40.8. The first kappa shape index (κ1) is 47.3. The van der Waals surface area contributed by atoms with Gasteiger partial charge in [-0.2, -0.15) is 11.8 Å². The molecule has 0 fully saturated rings. The minimum atomic E-state index is -0.968. The molecule has 15 N–H and O–H groups in total. The fraction of sp³-hybridized carbons (Fsp3) is 0.792. The zero-order chi connectivity index (χ0) is 33.2. The smallest absolute Gasteiger partial charge is 0.320 e. The summed E-state index contributed by atoms with van der Waals surface area (Å²) in [6.45, 7) is 10.9. The summed E-state index contributed by atoms with van der Waals surface area (Å²) in [6.07, 6.45) is 3.84. The monoisotopic (exact) mass is 603 g/mol. The van der Waals surface area contributed by atoms with E-state index in [1.165, 1.54) is 0 Å². The molecule has 40 heavy (non-hydrogen) atoms. The van der Waals surface area contributed by atoms with Gasteiger partial charge in [-0.1, -0.05) is 48.0 Å². The van der Waals surface area contributed by atoms with Gasteiger partial charge >= 0.3 is 29.8 Å². The van der Waals surface area contributed by atoms with Crippen LogP contribution in [0.4, 0.5) is 0 Å². The molecule has 0 aliphatic rings. The van der Waals surface area contributed by atoms with Crippen LogP contribution >= 0.6 is 11.8 Å². The lowest BCUT2D eigenvalue weighted by Crippen LogP contribution is -2.36. The van der Waals surface area contributed by atoms with Gasteiger partial charge in [0.15, 0.2) is 0 Å². The maximum atomic E-state index is 10.2. The second kappa shape index (κ2) is 29.5. The van der Waals surface area contributed by atoms with Gasteiger partial charge < -0.3 is 54.2 Å².